The molecule has 1 aromatic rings. The second-order valence-electron chi connectivity index (χ2n) is 6.85. The molecule has 1 N–H and O–H groups in total. The van der Waals surface area contributed by atoms with Gasteiger partial charge < -0.3 is 10.1 Å². The van der Waals surface area contributed by atoms with Gasteiger partial charge in [0.05, 0.1) is 13.7 Å². The van der Waals surface area contributed by atoms with Crippen LogP contribution in [-0.4, -0.2) is 36.3 Å². The van der Waals surface area contributed by atoms with Crippen LogP contribution in [0.3, 0.4) is 0 Å². The Morgan fingerprint density at radius 2 is 1.78 bits per heavy atom. The van der Waals surface area contributed by atoms with Gasteiger partial charge in [-0.05, 0) is 24.6 Å². The summed E-state index contributed by atoms with van der Waals surface area (Å²) in [5.74, 6) is 0.0686. The van der Waals surface area contributed by atoms with Gasteiger partial charge in [0, 0.05) is 5.41 Å². The smallest absolute Gasteiger partial charge is 0.325 e. The molecule has 0 bridgehead atoms. The van der Waals surface area contributed by atoms with Crippen molar-refractivity contribution >= 4 is 17.7 Å². The molecule has 0 spiro atoms. The fourth-order valence-corrected chi connectivity index (χ4v) is 2.34. The first-order chi connectivity index (χ1) is 10.6. The van der Waals surface area contributed by atoms with Gasteiger partial charge in [0.15, 0.2) is 5.78 Å². The molecule has 6 heteroatoms. The van der Waals surface area contributed by atoms with Crippen LogP contribution < -0.4 is 10.1 Å². The Labute approximate surface area is 135 Å². The SMILES string of the molecule is COc1ccc([C@@]2(C)NC(=O)N(CC(=O)C(C)(C)C)C2=O)cc1. The van der Waals surface area contributed by atoms with Gasteiger partial charge in [-0.2, -0.15) is 0 Å². The fraction of sp³-hybridized carbons (Fsp3) is 0.471. The summed E-state index contributed by atoms with van der Waals surface area (Å²) in [7, 11) is 1.55. The van der Waals surface area contributed by atoms with E-state index < -0.39 is 22.9 Å². The van der Waals surface area contributed by atoms with E-state index in [1.807, 2.05) is 0 Å². The first-order valence-corrected chi connectivity index (χ1v) is 7.41. The number of ether oxygens (including phenoxy) is 1. The third-order valence-corrected chi connectivity index (χ3v) is 4.08. The zero-order valence-electron chi connectivity index (χ0n) is 14.1. The van der Waals surface area contributed by atoms with Crippen LogP contribution in [0, 0.1) is 5.41 Å². The van der Waals surface area contributed by atoms with Crippen molar-refractivity contribution in [3.8, 4) is 5.75 Å². The Morgan fingerprint density at radius 1 is 1.22 bits per heavy atom. The standard InChI is InChI=1S/C17H22N2O4/c1-16(2,3)13(20)10-19-14(21)17(4,18-15(19)22)11-6-8-12(23-5)9-7-11/h6-9H,10H2,1-5H3,(H,18,22)/t17-/m1/s1. The summed E-state index contributed by atoms with van der Waals surface area (Å²) < 4.78 is 5.10. The average Bonchev–Trinajstić information content (AvgIpc) is 2.70. The first-order valence-electron chi connectivity index (χ1n) is 7.41. The largest absolute Gasteiger partial charge is 0.497 e. The Bertz CT molecular complexity index is 646. The van der Waals surface area contributed by atoms with E-state index in [-0.39, 0.29) is 12.3 Å². The highest BCUT2D eigenvalue weighted by Gasteiger charge is 2.49. The molecule has 124 valence electrons. The lowest BCUT2D eigenvalue weighted by atomic mass is 9.89. The average molecular weight is 318 g/mol. The highest BCUT2D eigenvalue weighted by molar-refractivity contribution is 6.09. The molecule has 1 heterocycles. The van der Waals surface area contributed by atoms with Crippen LogP contribution in [0.15, 0.2) is 24.3 Å². The zero-order valence-corrected chi connectivity index (χ0v) is 14.1. The van der Waals surface area contributed by atoms with E-state index in [9.17, 15) is 14.4 Å². The van der Waals surface area contributed by atoms with Gasteiger partial charge in [-0.3, -0.25) is 14.5 Å². The minimum absolute atomic E-state index is 0.167. The fourth-order valence-electron chi connectivity index (χ4n) is 2.34. The topological polar surface area (TPSA) is 75.7 Å². The van der Waals surface area contributed by atoms with Crippen LogP contribution >= 0.6 is 0 Å². The molecule has 0 unspecified atom stereocenters. The van der Waals surface area contributed by atoms with E-state index in [1.165, 1.54) is 0 Å². The quantitative estimate of drug-likeness (QED) is 0.862. The number of Topliss-reactive ketones (excluding diaryl/α,β-unsaturated/α-hetero) is 1. The van der Waals surface area contributed by atoms with E-state index in [4.69, 9.17) is 4.74 Å². The number of hydrogen-bond acceptors (Lipinski definition) is 4. The lowest BCUT2D eigenvalue weighted by Gasteiger charge is -2.23. The maximum Gasteiger partial charge on any atom is 0.325 e. The molecule has 1 aromatic carbocycles. The van der Waals surface area contributed by atoms with Gasteiger partial charge in [-0.15, -0.1) is 0 Å². The highest BCUT2D eigenvalue weighted by atomic mass is 16.5. The Morgan fingerprint density at radius 3 is 2.26 bits per heavy atom. The Balaban J connectivity index is 2.27. The predicted molar refractivity (Wildman–Crippen MR) is 85.1 cm³/mol. The van der Waals surface area contributed by atoms with Crippen LogP contribution in [-0.2, 0) is 15.1 Å². The van der Waals surface area contributed by atoms with Crippen LogP contribution in [0.25, 0.3) is 0 Å². The number of imide groups is 1. The molecular formula is C17H22N2O4. The Kier molecular flexibility index (Phi) is 4.20. The second-order valence-corrected chi connectivity index (χ2v) is 6.85. The number of urea groups is 1. The molecule has 0 aromatic heterocycles. The van der Waals surface area contributed by atoms with Crippen molar-refractivity contribution in [1.29, 1.82) is 0 Å². The highest BCUT2D eigenvalue weighted by Crippen LogP contribution is 2.30. The van der Waals surface area contributed by atoms with Gasteiger partial charge in [-0.25, -0.2) is 4.79 Å². The van der Waals surface area contributed by atoms with Crippen molar-refractivity contribution in [2.24, 2.45) is 5.41 Å². The summed E-state index contributed by atoms with van der Waals surface area (Å²) in [6.45, 7) is 6.69. The summed E-state index contributed by atoms with van der Waals surface area (Å²) in [6, 6.07) is 6.36. The summed E-state index contributed by atoms with van der Waals surface area (Å²) in [5, 5.41) is 2.69. The van der Waals surface area contributed by atoms with E-state index in [0.717, 1.165) is 4.90 Å². The molecule has 1 atom stereocenters. The van der Waals surface area contributed by atoms with Crippen LogP contribution in [0.1, 0.15) is 33.3 Å². The molecule has 23 heavy (non-hydrogen) atoms. The number of hydrogen-bond donors (Lipinski definition) is 1. The van der Waals surface area contributed by atoms with Crippen molar-refractivity contribution in [2.45, 2.75) is 33.2 Å². The number of amides is 3. The lowest BCUT2D eigenvalue weighted by Crippen LogP contribution is -2.42. The number of ketones is 1. The van der Waals surface area contributed by atoms with Gasteiger partial charge in [0.25, 0.3) is 5.91 Å². The summed E-state index contributed by atoms with van der Waals surface area (Å²) >= 11 is 0. The van der Waals surface area contributed by atoms with Gasteiger partial charge in [0.2, 0.25) is 0 Å². The van der Waals surface area contributed by atoms with Crippen molar-refractivity contribution in [3.63, 3.8) is 0 Å². The molecule has 6 nitrogen and oxygen atoms in total. The molecule has 1 aliphatic heterocycles. The molecular weight excluding hydrogens is 296 g/mol. The van der Waals surface area contributed by atoms with E-state index >= 15 is 0 Å². The third kappa shape index (κ3) is 3.06. The van der Waals surface area contributed by atoms with E-state index in [2.05, 4.69) is 5.32 Å². The van der Waals surface area contributed by atoms with Crippen LogP contribution in [0.4, 0.5) is 4.79 Å². The number of nitrogens with zero attached hydrogens (tertiary/aromatic N) is 1. The van der Waals surface area contributed by atoms with Gasteiger partial charge >= 0.3 is 6.03 Å². The number of rotatable bonds is 4. The molecule has 1 saturated heterocycles. The monoisotopic (exact) mass is 318 g/mol. The lowest BCUT2D eigenvalue weighted by molar-refractivity contribution is -0.136. The van der Waals surface area contributed by atoms with Crippen LogP contribution in [0.2, 0.25) is 0 Å². The molecule has 0 radical (unpaired) electrons. The summed E-state index contributed by atoms with van der Waals surface area (Å²) in [6.07, 6.45) is 0. The number of methoxy groups -OCH3 is 1. The maximum absolute atomic E-state index is 12.7. The van der Waals surface area contributed by atoms with E-state index in [1.54, 1.807) is 59.1 Å². The molecule has 0 aliphatic carbocycles. The first kappa shape index (κ1) is 17.0. The third-order valence-electron chi connectivity index (χ3n) is 4.08. The minimum Gasteiger partial charge on any atom is -0.497 e. The van der Waals surface area contributed by atoms with Gasteiger partial charge in [-0.1, -0.05) is 32.9 Å². The molecule has 0 saturated carbocycles. The predicted octanol–water partition coefficient (Wildman–Crippen LogP) is 2.08. The number of carbonyl (C=O) groups is 3. The maximum atomic E-state index is 12.7. The summed E-state index contributed by atoms with van der Waals surface area (Å²) in [4.78, 5) is 38.0. The van der Waals surface area contributed by atoms with Crippen molar-refractivity contribution in [3.05, 3.63) is 29.8 Å². The second kappa shape index (κ2) is 5.68. The van der Waals surface area contributed by atoms with Crippen molar-refractivity contribution in [2.75, 3.05) is 13.7 Å². The molecule has 1 fully saturated rings. The normalized spacial score (nSPS) is 21.3. The van der Waals surface area contributed by atoms with E-state index in [0.29, 0.717) is 11.3 Å². The molecule has 1 aliphatic rings. The van der Waals surface area contributed by atoms with Crippen molar-refractivity contribution < 1.29 is 19.1 Å². The van der Waals surface area contributed by atoms with Gasteiger partial charge in [0.1, 0.15) is 11.3 Å². The Hall–Kier alpha value is -2.37. The molecule has 3 amide bonds. The summed E-state index contributed by atoms with van der Waals surface area (Å²) in [5.41, 5.74) is -1.15. The van der Waals surface area contributed by atoms with Crippen LogP contribution in [0.5, 0.6) is 5.75 Å². The molecule has 2 rings (SSSR count). The number of nitrogens with one attached hydrogen (secondary N) is 1. The number of carbonyl (C=O) groups excluding carboxylic acids is 3. The zero-order chi connectivity index (χ0) is 17.4. The number of benzene rings is 1. The minimum atomic E-state index is -1.18. The van der Waals surface area contributed by atoms with Crippen molar-refractivity contribution in [1.82, 2.24) is 10.2 Å².